The van der Waals surface area contributed by atoms with Gasteiger partial charge in [-0.15, -0.1) is 0 Å². The lowest BCUT2D eigenvalue weighted by Gasteiger charge is -2.37. The van der Waals surface area contributed by atoms with E-state index in [1.165, 1.54) is 0 Å². The fourth-order valence-electron chi connectivity index (χ4n) is 8.38. The Hall–Kier alpha value is -6.37. The number of hydrogen-bond donors (Lipinski definition) is 3. The van der Waals surface area contributed by atoms with E-state index < -0.39 is 29.7 Å². The van der Waals surface area contributed by atoms with Crippen LogP contribution in [0.15, 0.2) is 42.7 Å². The minimum atomic E-state index is -0.778. The number of imide groups is 2. The van der Waals surface area contributed by atoms with Gasteiger partial charge in [0, 0.05) is 65.8 Å². The molecule has 1 aromatic carbocycles. The Balaban J connectivity index is 0.819. The third-order valence-electron chi connectivity index (χ3n) is 11.5. The fourth-order valence-corrected chi connectivity index (χ4v) is 8.38. The number of urea groups is 2. The average Bonchev–Trinajstić information content (AvgIpc) is 3.70. The van der Waals surface area contributed by atoms with Crippen LogP contribution in [0.5, 0.6) is 0 Å². The summed E-state index contributed by atoms with van der Waals surface area (Å²) in [5, 5.41) is 7.24. The summed E-state index contributed by atoms with van der Waals surface area (Å²) in [6, 6.07) is 8.37. The largest absolute Gasteiger partial charge is 0.364 e. The maximum Gasteiger partial charge on any atom is 0.343 e. The molecule has 3 aromatic rings. The summed E-state index contributed by atoms with van der Waals surface area (Å²) >= 11 is 0. The van der Waals surface area contributed by atoms with Crippen LogP contribution in [0.1, 0.15) is 68.9 Å². The first kappa shape index (κ1) is 38.5. The van der Waals surface area contributed by atoms with Crippen molar-refractivity contribution in [1.82, 2.24) is 45.0 Å². The van der Waals surface area contributed by atoms with Crippen molar-refractivity contribution < 1.29 is 28.8 Å². The van der Waals surface area contributed by atoms with E-state index in [9.17, 15) is 28.8 Å². The highest BCUT2D eigenvalue weighted by Gasteiger charge is 2.44. The number of hydrogen-bond acceptors (Lipinski definition) is 13. The van der Waals surface area contributed by atoms with Crippen molar-refractivity contribution in [2.75, 3.05) is 87.6 Å². The molecule has 7 heterocycles. The lowest BCUT2D eigenvalue weighted by atomic mass is 9.98. The standard InChI is InChI=1S/C39H47N13O6/c1-46-16-21-50(39(46)58)27-8-5-14-49(24-27)30-23-42-33(34(40)54)35(44-30)43-26-10-11-29(41-22-26)48-19-17-47(18-20-48)13-3-2-6-25-7-4-9-28-32(25)37(56)52(36(28)55)51-15-12-31(53)45-38(51)57/h4,7,9-11,22-23,27H,2-3,5-6,8,12-21,24H2,1H3,(H2,40,54)(H,43,44)(H,45,53,57)/t27-/m0/s1. The maximum absolute atomic E-state index is 13.4. The van der Waals surface area contributed by atoms with Crippen LogP contribution in [0, 0.1) is 0 Å². The van der Waals surface area contributed by atoms with E-state index in [1.54, 1.807) is 29.4 Å². The highest BCUT2D eigenvalue weighted by atomic mass is 16.2. The number of anilines is 4. The second kappa shape index (κ2) is 16.2. The van der Waals surface area contributed by atoms with E-state index in [-0.39, 0.29) is 42.1 Å². The third kappa shape index (κ3) is 7.68. The Morgan fingerprint density at radius 1 is 0.879 bits per heavy atom. The van der Waals surface area contributed by atoms with Crippen LogP contribution in [0.4, 0.5) is 32.7 Å². The smallest absolute Gasteiger partial charge is 0.343 e. The molecule has 0 saturated carbocycles. The number of nitrogens with zero attached hydrogens (tertiary/aromatic N) is 10. The number of hydrazine groups is 1. The zero-order valence-electron chi connectivity index (χ0n) is 32.4. The molecule has 19 nitrogen and oxygen atoms in total. The molecule has 8 rings (SSSR count). The Morgan fingerprint density at radius 3 is 2.43 bits per heavy atom. The molecule has 0 bridgehead atoms. The van der Waals surface area contributed by atoms with E-state index in [4.69, 9.17) is 15.7 Å². The number of pyridine rings is 1. The Labute approximate surface area is 335 Å². The molecule has 19 heteroatoms. The highest BCUT2D eigenvalue weighted by Crippen LogP contribution is 2.30. The minimum absolute atomic E-state index is 0.0109. The number of rotatable bonds is 12. The summed E-state index contributed by atoms with van der Waals surface area (Å²) in [4.78, 5) is 99.7. The van der Waals surface area contributed by atoms with Crippen molar-refractivity contribution in [3.63, 3.8) is 0 Å². The second-order valence-corrected chi connectivity index (χ2v) is 15.2. The number of fused-ring (bicyclic) bond motifs is 1. The molecule has 1 atom stereocenters. The normalized spacial score (nSPS) is 20.3. The number of primary amides is 1. The lowest BCUT2D eigenvalue weighted by Crippen LogP contribution is -2.58. The predicted octanol–water partition coefficient (Wildman–Crippen LogP) is 1.65. The van der Waals surface area contributed by atoms with Gasteiger partial charge in [-0.1, -0.05) is 12.1 Å². The number of carbonyl (C=O) groups is 6. The molecular weight excluding hydrogens is 747 g/mol. The molecule has 5 aliphatic heterocycles. The van der Waals surface area contributed by atoms with Crippen LogP contribution in [0.25, 0.3) is 0 Å². The Kier molecular flexibility index (Phi) is 10.8. The first-order chi connectivity index (χ1) is 28.0. The third-order valence-corrected chi connectivity index (χ3v) is 11.5. The van der Waals surface area contributed by atoms with Gasteiger partial charge in [-0.2, -0.15) is 5.01 Å². The zero-order valence-corrected chi connectivity index (χ0v) is 32.4. The molecule has 8 amide bonds. The first-order valence-corrected chi connectivity index (χ1v) is 19.8. The van der Waals surface area contributed by atoms with Gasteiger partial charge in [-0.05, 0) is 62.4 Å². The zero-order chi connectivity index (χ0) is 40.5. The van der Waals surface area contributed by atoms with Crippen LogP contribution < -0.4 is 26.2 Å². The van der Waals surface area contributed by atoms with Crippen molar-refractivity contribution >= 4 is 58.8 Å². The predicted molar refractivity (Wildman–Crippen MR) is 211 cm³/mol. The highest BCUT2D eigenvalue weighted by molar-refractivity contribution is 6.22. The molecule has 304 valence electrons. The minimum Gasteiger partial charge on any atom is -0.364 e. The molecular formula is C39H47N13O6. The number of unbranched alkanes of at least 4 members (excludes halogenated alkanes) is 1. The van der Waals surface area contributed by atoms with Gasteiger partial charge in [-0.25, -0.2) is 29.5 Å². The van der Waals surface area contributed by atoms with Gasteiger partial charge < -0.3 is 30.7 Å². The van der Waals surface area contributed by atoms with Gasteiger partial charge >= 0.3 is 12.1 Å². The molecule has 4 saturated heterocycles. The molecule has 0 spiro atoms. The molecule has 0 radical (unpaired) electrons. The number of aryl methyl sites for hydroxylation is 1. The quantitative estimate of drug-likeness (QED) is 0.176. The van der Waals surface area contributed by atoms with Gasteiger partial charge in [0.25, 0.3) is 17.7 Å². The van der Waals surface area contributed by atoms with E-state index in [0.29, 0.717) is 43.1 Å². The summed E-state index contributed by atoms with van der Waals surface area (Å²) in [6.07, 6.45) is 7.42. The molecule has 4 N–H and O–H groups in total. The summed E-state index contributed by atoms with van der Waals surface area (Å²) in [7, 11) is 1.82. The Bertz CT molecular complexity index is 2120. The lowest BCUT2D eigenvalue weighted by molar-refractivity contribution is -0.122. The number of nitrogens with one attached hydrogen (secondary N) is 2. The monoisotopic (exact) mass is 793 g/mol. The van der Waals surface area contributed by atoms with Gasteiger partial charge in [0.2, 0.25) is 5.91 Å². The van der Waals surface area contributed by atoms with E-state index in [1.807, 2.05) is 30.1 Å². The molecule has 4 fully saturated rings. The number of benzene rings is 1. The van der Waals surface area contributed by atoms with Crippen LogP contribution in [-0.4, -0.2) is 154 Å². The number of carbonyl (C=O) groups excluding carboxylic acids is 6. The van der Waals surface area contributed by atoms with E-state index in [0.717, 1.165) is 86.4 Å². The number of aromatic nitrogens is 3. The van der Waals surface area contributed by atoms with E-state index >= 15 is 0 Å². The summed E-state index contributed by atoms with van der Waals surface area (Å²) in [5.74, 6) is -0.554. The van der Waals surface area contributed by atoms with Crippen LogP contribution >= 0.6 is 0 Å². The van der Waals surface area contributed by atoms with Gasteiger partial charge in [0.1, 0.15) is 11.6 Å². The Morgan fingerprint density at radius 2 is 1.71 bits per heavy atom. The molecule has 0 aliphatic carbocycles. The summed E-state index contributed by atoms with van der Waals surface area (Å²) in [6.45, 7) is 6.95. The number of likely N-dealkylation sites (N-methyl/N-ethyl adjacent to an activating group) is 1. The maximum atomic E-state index is 13.4. The SMILES string of the molecule is CN1CCN([C@H]2CCCN(c3cnc(C(N)=O)c(Nc4ccc(N5CCN(CCCCc6cccc7c6C(=O)N(N6CCC(=O)NC6=O)C7=O)CC5)nc4)n3)C2)C1=O. The van der Waals surface area contributed by atoms with Crippen molar-refractivity contribution in [3.8, 4) is 0 Å². The van der Waals surface area contributed by atoms with Crippen LogP contribution in [0.3, 0.4) is 0 Å². The number of amides is 8. The van der Waals surface area contributed by atoms with Crippen LogP contribution in [0.2, 0.25) is 0 Å². The molecule has 58 heavy (non-hydrogen) atoms. The van der Waals surface area contributed by atoms with Gasteiger partial charge in [0.15, 0.2) is 11.5 Å². The molecule has 5 aliphatic rings. The van der Waals surface area contributed by atoms with Gasteiger partial charge in [0.05, 0.1) is 41.8 Å². The summed E-state index contributed by atoms with van der Waals surface area (Å²) < 4.78 is 0. The average molecular weight is 794 g/mol. The summed E-state index contributed by atoms with van der Waals surface area (Å²) in [5.41, 5.74) is 7.70. The van der Waals surface area contributed by atoms with Gasteiger partial charge in [-0.3, -0.25) is 29.4 Å². The molecule has 2 aromatic heterocycles. The number of piperidine rings is 1. The molecule has 0 unspecified atom stereocenters. The fraction of sp³-hybridized carbons (Fsp3) is 0.462. The second-order valence-electron chi connectivity index (χ2n) is 15.2. The van der Waals surface area contributed by atoms with Crippen molar-refractivity contribution in [3.05, 3.63) is 65.1 Å². The van der Waals surface area contributed by atoms with E-state index in [2.05, 4.69) is 30.3 Å². The first-order valence-electron chi connectivity index (χ1n) is 19.8. The topological polar surface area (TPSA) is 214 Å². The van der Waals surface area contributed by atoms with Crippen LogP contribution in [-0.2, 0) is 11.2 Å². The number of piperazine rings is 1. The van der Waals surface area contributed by atoms with Crippen molar-refractivity contribution in [2.45, 2.75) is 44.6 Å². The number of nitrogens with two attached hydrogens (primary N) is 1. The van der Waals surface area contributed by atoms with Crippen molar-refractivity contribution in [1.29, 1.82) is 0 Å². The van der Waals surface area contributed by atoms with Crippen molar-refractivity contribution in [2.24, 2.45) is 5.73 Å².